The molecule has 10 heteroatoms. The van der Waals surface area contributed by atoms with Crippen molar-refractivity contribution in [3.05, 3.63) is 59.7 Å². The number of amides is 3. The van der Waals surface area contributed by atoms with E-state index in [1.807, 2.05) is 0 Å². The normalized spacial score (nSPS) is 15.0. The molecule has 3 rings (SSSR count). The molecule has 0 bridgehead atoms. The van der Waals surface area contributed by atoms with E-state index in [4.69, 9.17) is 4.74 Å². The fourth-order valence-electron chi connectivity index (χ4n) is 3.74. The van der Waals surface area contributed by atoms with Gasteiger partial charge in [-0.2, -0.15) is 0 Å². The second-order valence-electron chi connectivity index (χ2n) is 7.50. The number of fused-ring (bicyclic) bond motifs is 1. The number of hydrogen-bond donors (Lipinski definition) is 1. The molecule has 2 aromatic carbocycles. The quantitative estimate of drug-likeness (QED) is 0.594. The highest BCUT2D eigenvalue weighted by Crippen LogP contribution is 2.30. The van der Waals surface area contributed by atoms with E-state index in [-0.39, 0.29) is 22.9 Å². The number of likely N-dealkylation sites (N-methyl/N-ethyl adjacent to an activating group) is 1. The van der Waals surface area contributed by atoms with Crippen molar-refractivity contribution >= 4 is 27.7 Å². The third-order valence-electron chi connectivity index (χ3n) is 5.44. The first-order valence-corrected chi connectivity index (χ1v) is 12.0. The lowest BCUT2D eigenvalue weighted by Gasteiger charge is -2.31. The zero-order chi connectivity index (χ0) is 24.2. The van der Waals surface area contributed by atoms with Crippen LogP contribution in [0.2, 0.25) is 0 Å². The van der Waals surface area contributed by atoms with Crippen LogP contribution in [0.15, 0.2) is 53.4 Å². The third kappa shape index (κ3) is 4.85. The van der Waals surface area contributed by atoms with Gasteiger partial charge in [-0.15, -0.1) is 0 Å². The third-order valence-corrected chi connectivity index (χ3v) is 7.23. The molecule has 0 radical (unpaired) electrons. The van der Waals surface area contributed by atoms with Gasteiger partial charge in [-0.3, -0.25) is 14.4 Å². The fraction of sp³-hybridized carbons (Fsp3) is 0.348. The second-order valence-corrected chi connectivity index (χ2v) is 9.33. The van der Waals surface area contributed by atoms with Crippen LogP contribution < -0.4 is 10.1 Å². The molecule has 0 aromatic heterocycles. The first kappa shape index (κ1) is 24.2. The number of methoxy groups -OCH3 is 1. The summed E-state index contributed by atoms with van der Waals surface area (Å²) >= 11 is 0. The predicted octanol–water partition coefficient (Wildman–Crippen LogP) is 1.78. The van der Waals surface area contributed by atoms with Crippen molar-refractivity contribution in [2.45, 2.75) is 37.8 Å². The first-order valence-electron chi connectivity index (χ1n) is 10.6. The highest BCUT2D eigenvalue weighted by atomic mass is 32.2. The molecule has 33 heavy (non-hydrogen) atoms. The Bertz CT molecular complexity index is 1150. The molecule has 0 spiro atoms. The monoisotopic (exact) mass is 473 g/mol. The molecule has 0 unspecified atom stereocenters. The minimum Gasteiger partial charge on any atom is -0.497 e. The lowest BCUT2D eigenvalue weighted by Crippen LogP contribution is -2.52. The Hall–Kier alpha value is -3.40. The number of nitrogens with zero attached hydrogens (tertiary/aromatic N) is 2. The van der Waals surface area contributed by atoms with Crippen LogP contribution in [0.25, 0.3) is 0 Å². The van der Waals surface area contributed by atoms with E-state index >= 15 is 0 Å². The van der Waals surface area contributed by atoms with Crippen LogP contribution in [0.4, 0.5) is 0 Å². The van der Waals surface area contributed by atoms with Crippen LogP contribution in [0.3, 0.4) is 0 Å². The Balaban J connectivity index is 1.91. The van der Waals surface area contributed by atoms with Gasteiger partial charge in [0, 0.05) is 13.1 Å². The van der Waals surface area contributed by atoms with Crippen LogP contribution in [0.5, 0.6) is 5.75 Å². The van der Waals surface area contributed by atoms with Gasteiger partial charge in [0.05, 0.1) is 12.7 Å². The Morgan fingerprint density at radius 3 is 2.33 bits per heavy atom. The number of rotatable bonds is 9. The summed E-state index contributed by atoms with van der Waals surface area (Å²) in [6.07, 6.45) is 0.314. The number of nitrogens with one attached hydrogen (secondary N) is 1. The van der Waals surface area contributed by atoms with E-state index in [0.29, 0.717) is 23.0 Å². The summed E-state index contributed by atoms with van der Waals surface area (Å²) < 4.78 is 31.5. The average Bonchev–Trinajstić information content (AvgIpc) is 3.00. The standard InChI is InChI=1S/C23H27N3O6S/c1-4-19(22(28)24-5-2)25(14-16-10-12-17(32-3)13-11-16)21(27)15-26-23(29)18-8-6-7-9-20(18)33(26,30)31/h6-13,19H,4-5,14-15H2,1-3H3,(H,24,28)/t19-/m1/s1. The highest BCUT2D eigenvalue weighted by Gasteiger charge is 2.43. The second kappa shape index (κ2) is 10.0. The fourth-order valence-corrected chi connectivity index (χ4v) is 5.26. The molecule has 0 aliphatic carbocycles. The Kier molecular flexibility index (Phi) is 7.37. The van der Waals surface area contributed by atoms with E-state index < -0.39 is 34.4 Å². The number of benzene rings is 2. The van der Waals surface area contributed by atoms with Crippen molar-refractivity contribution in [2.75, 3.05) is 20.2 Å². The van der Waals surface area contributed by atoms with E-state index in [9.17, 15) is 22.8 Å². The molecule has 176 valence electrons. The number of hydrogen-bond acceptors (Lipinski definition) is 6. The Morgan fingerprint density at radius 2 is 1.76 bits per heavy atom. The van der Waals surface area contributed by atoms with Crippen LogP contribution in [-0.4, -0.2) is 61.6 Å². The van der Waals surface area contributed by atoms with Crippen molar-refractivity contribution in [3.63, 3.8) is 0 Å². The van der Waals surface area contributed by atoms with Crippen LogP contribution in [0, 0.1) is 0 Å². The minimum absolute atomic E-state index is 0.0303. The van der Waals surface area contributed by atoms with Gasteiger partial charge in [0.1, 0.15) is 23.2 Å². The topological polar surface area (TPSA) is 113 Å². The zero-order valence-electron chi connectivity index (χ0n) is 18.8. The Morgan fingerprint density at radius 1 is 1.09 bits per heavy atom. The maximum Gasteiger partial charge on any atom is 0.269 e. The van der Waals surface area contributed by atoms with Gasteiger partial charge in [-0.25, -0.2) is 12.7 Å². The molecule has 0 fully saturated rings. The number of carbonyl (C=O) groups is 3. The smallest absolute Gasteiger partial charge is 0.269 e. The summed E-state index contributed by atoms with van der Waals surface area (Å²) in [6, 6.07) is 12.0. The van der Waals surface area contributed by atoms with Crippen molar-refractivity contribution in [1.82, 2.24) is 14.5 Å². The summed E-state index contributed by atoms with van der Waals surface area (Å²) in [7, 11) is -2.61. The molecular weight excluding hydrogens is 446 g/mol. The molecule has 1 aliphatic heterocycles. The van der Waals surface area contributed by atoms with Gasteiger partial charge in [-0.05, 0) is 43.2 Å². The summed E-state index contributed by atoms with van der Waals surface area (Å²) in [5, 5.41) is 2.72. The minimum atomic E-state index is -4.15. The van der Waals surface area contributed by atoms with Gasteiger partial charge in [0.2, 0.25) is 11.8 Å². The molecule has 0 saturated carbocycles. The summed E-state index contributed by atoms with van der Waals surface area (Å²) in [6.45, 7) is 3.29. The summed E-state index contributed by atoms with van der Waals surface area (Å²) in [5.74, 6) is -1.11. The molecule has 1 atom stereocenters. The van der Waals surface area contributed by atoms with Crippen molar-refractivity contribution in [2.24, 2.45) is 0 Å². The molecule has 1 aliphatic rings. The number of carbonyl (C=O) groups excluding carboxylic acids is 3. The van der Waals surface area contributed by atoms with Gasteiger partial charge >= 0.3 is 0 Å². The summed E-state index contributed by atoms with van der Waals surface area (Å²) in [5.41, 5.74) is 0.758. The molecule has 1 N–H and O–H groups in total. The van der Waals surface area contributed by atoms with Gasteiger partial charge in [0.25, 0.3) is 15.9 Å². The van der Waals surface area contributed by atoms with Crippen LogP contribution in [0.1, 0.15) is 36.2 Å². The summed E-state index contributed by atoms with van der Waals surface area (Å²) in [4.78, 5) is 40.0. The van der Waals surface area contributed by atoms with Crippen molar-refractivity contribution in [3.8, 4) is 5.75 Å². The van der Waals surface area contributed by atoms with Gasteiger partial charge in [-0.1, -0.05) is 31.2 Å². The highest BCUT2D eigenvalue weighted by molar-refractivity contribution is 7.90. The number of ether oxygens (including phenoxy) is 1. The molecular formula is C23H27N3O6S. The maximum absolute atomic E-state index is 13.4. The molecule has 2 aromatic rings. The van der Waals surface area contributed by atoms with E-state index in [1.54, 1.807) is 51.3 Å². The molecule has 9 nitrogen and oxygen atoms in total. The first-order chi connectivity index (χ1) is 15.7. The predicted molar refractivity (Wildman–Crippen MR) is 121 cm³/mol. The lowest BCUT2D eigenvalue weighted by atomic mass is 10.1. The SMILES string of the molecule is CCNC(=O)[C@@H](CC)N(Cc1ccc(OC)cc1)C(=O)CN1C(=O)c2ccccc2S1(=O)=O. The number of sulfonamides is 1. The van der Waals surface area contributed by atoms with Crippen LogP contribution in [-0.2, 0) is 26.2 Å². The van der Waals surface area contributed by atoms with Gasteiger partial charge in [0.15, 0.2) is 0 Å². The van der Waals surface area contributed by atoms with E-state index in [0.717, 1.165) is 5.56 Å². The molecule has 0 saturated heterocycles. The maximum atomic E-state index is 13.4. The van der Waals surface area contributed by atoms with Crippen LogP contribution >= 0.6 is 0 Å². The van der Waals surface area contributed by atoms with E-state index in [1.165, 1.54) is 23.1 Å². The molecule has 1 heterocycles. The van der Waals surface area contributed by atoms with Gasteiger partial charge < -0.3 is 15.0 Å². The molecule has 3 amide bonds. The zero-order valence-corrected chi connectivity index (χ0v) is 19.6. The largest absolute Gasteiger partial charge is 0.497 e. The van der Waals surface area contributed by atoms with Crippen molar-refractivity contribution in [1.29, 1.82) is 0 Å². The average molecular weight is 474 g/mol. The Labute approximate surface area is 193 Å². The van der Waals surface area contributed by atoms with E-state index in [2.05, 4.69) is 5.32 Å². The van der Waals surface area contributed by atoms with Crippen molar-refractivity contribution < 1.29 is 27.5 Å². The lowest BCUT2D eigenvalue weighted by molar-refractivity contribution is -0.141.